The number of hydrogen-bond donors (Lipinski definition) is 2. The van der Waals surface area contributed by atoms with E-state index in [2.05, 4.69) is 9.97 Å². The fraction of sp³-hybridized carbons (Fsp3) is 0.0667. The maximum Gasteiger partial charge on any atom is 0.258 e. The molecule has 3 rings (SSSR count). The first-order valence-corrected chi connectivity index (χ1v) is 6.65. The number of nitrogens with one attached hydrogen (secondary N) is 1. The Morgan fingerprint density at radius 2 is 2.00 bits per heavy atom. The van der Waals surface area contributed by atoms with Crippen LogP contribution in [0, 0.1) is 0 Å². The number of ether oxygens (including phenoxy) is 1. The normalized spacial score (nSPS) is 10.7. The van der Waals surface area contributed by atoms with Crippen molar-refractivity contribution in [1.82, 2.24) is 9.97 Å². The summed E-state index contributed by atoms with van der Waals surface area (Å²) < 4.78 is 5.69. The summed E-state index contributed by atoms with van der Waals surface area (Å²) in [6, 6.07) is 10.6. The quantitative estimate of drug-likeness (QED) is 0.729. The van der Waals surface area contributed by atoms with Crippen LogP contribution in [-0.4, -0.2) is 9.97 Å². The van der Waals surface area contributed by atoms with E-state index in [1.807, 2.05) is 12.1 Å². The first kappa shape index (κ1) is 13.5. The lowest BCUT2D eigenvalue weighted by Crippen LogP contribution is -2.07. The summed E-state index contributed by atoms with van der Waals surface area (Å²) in [7, 11) is 0. The van der Waals surface area contributed by atoms with Crippen LogP contribution in [0.5, 0.6) is 5.75 Å². The van der Waals surface area contributed by atoms with Crippen molar-refractivity contribution in [3.8, 4) is 5.75 Å². The fourth-order valence-corrected chi connectivity index (χ4v) is 2.11. The molecule has 0 aliphatic carbocycles. The minimum absolute atomic E-state index is 0.226. The monoisotopic (exact) mass is 301 g/mol. The molecule has 106 valence electrons. The highest BCUT2D eigenvalue weighted by molar-refractivity contribution is 6.30. The molecule has 0 unspecified atom stereocenters. The number of aromatic nitrogens is 2. The first-order chi connectivity index (χ1) is 10.1. The lowest BCUT2D eigenvalue weighted by molar-refractivity contribution is 0.308. The molecule has 1 heterocycles. The van der Waals surface area contributed by atoms with Crippen LogP contribution >= 0.6 is 11.6 Å². The number of halogens is 1. The van der Waals surface area contributed by atoms with Crippen LogP contribution in [0.1, 0.15) is 5.56 Å². The number of benzene rings is 2. The van der Waals surface area contributed by atoms with Gasteiger partial charge in [0.15, 0.2) is 0 Å². The first-order valence-electron chi connectivity index (χ1n) is 6.27. The maximum atomic E-state index is 11.6. The molecule has 0 radical (unpaired) electrons. The van der Waals surface area contributed by atoms with Crippen LogP contribution in [-0.2, 0) is 6.61 Å². The van der Waals surface area contributed by atoms with Gasteiger partial charge in [-0.2, -0.15) is 0 Å². The lowest BCUT2D eigenvalue weighted by Gasteiger charge is -2.10. The Bertz CT molecular complexity index is 844. The molecule has 0 atom stereocenters. The second kappa shape index (κ2) is 5.46. The number of nitrogens with zero attached hydrogens (tertiary/aromatic N) is 1. The number of fused-ring (bicyclic) bond motifs is 1. The van der Waals surface area contributed by atoms with Gasteiger partial charge in [0.1, 0.15) is 12.4 Å². The Morgan fingerprint density at radius 3 is 2.76 bits per heavy atom. The van der Waals surface area contributed by atoms with Gasteiger partial charge in [-0.25, -0.2) is 4.98 Å². The number of H-pyrrole nitrogens is 1. The van der Waals surface area contributed by atoms with E-state index in [0.717, 1.165) is 5.56 Å². The zero-order valence-corrected chi connectivity index (χ0v) is 11.7. The Kier molecular flexibility index (Phi) is 3.50. The van der Waals surface area contributed by atoms with E-state index >= 15 is 0 Å². The van der Waals surface area contributed by atoms with Gasteiger partial charge in [-0.05, 0) is 23.8 Å². The van der Waals surface area contributed by atoms with Crippen LogP contribution in [0.3, 0.4) is 0 Å². The summed E-state index contributed by atoms with van der Waals surface area (Å²) in [5, 5.41) is 1.11. The molecule has 6 heteroatoms. The number of hydrogen-bond acceptors (Lipinski definition) is 4. The van der Waals surface area contributed by atoms with Crippen molar-refractivity contribution in [2.24, 2.45) is 0 Å². The third-order valence-corrected chi connectivity index (χ3v) is 3.33. The minimum atomic E-state index is -0.226. The Labute approximate surface area is 125 Å². The summed E-state index contributed by atoms with van der Waals surface area (Å²) in [4.78, 5) is 18.3. The van der Waals surface area contributed by atoms with Gasteiger partial charge in [0.05, 0.1) is 22.9 Å². The number of rotatable bonds is 3. The van der Waals surface area contributed by atoms with Crippen molar-refractivity contribution in [2.75, 3.05) is 5.73 Å². The van der Waals surface area contributed by atoms with Gasteiger partial charge in [0.2, 0.25) is 0 Å². The van der Waals surface area contributed by atoms with Crippen LogP contribution in [0.2, 0.25) is 5.02 Å². The molecule has 0 bridgehead atoms. The van der Waals surface area contributed by atoms with Crippen molar-refractivity contribution < 1.29 is 4.74 Å². The second-order valence-electron chi connectivity index (χ2n) is 4.55. The average Bonchev–Trinajstić information content (AvgIpc) is 2.48. The van der Waals surface area contributed by atoms with Crippen molar-refractivity contribution >= 4 is 28.2 Å². The maximum absolute atomic E-state index is 11.6. The van der Waals surface area contributed by atoms with Gasteiger partial charge >= 0.3 is 0 Å². The minimum Gasteiger partial charge on any atom is -0.487 e. The van der Waals surface area contributed by atoms with Crippen molar-refractivity contribution in [3.63, 3.8) is 0 Å². The number of aromatic amines is 1. The number of anilines is 1. The van der Waals surface area contributed by atoms with E-state index in [0.29, 0.717) is 34.0 Å². The van der Waals surface area contributed by atoms with E-state index in [-0.39, 0.29) is 5.56 Å². The number of nitrogens with two attached hydrogens (primary N) is 1. The van der Waals surface area contributed by atoms with E-state index in [9.17, 15) is 4.79 Å². The third-order valence-electron chi connectivity index (χ3n) is 3.08. The number of nitrogen functional groups attached to an aromatic ring is 1. The van der Waals surface area contributed by atoms with Crippen LogP contribution in [0.25, 0.3) is 10.9 Å². The molecule has 1 aromatic heterocycles. The molecule has 0 fully saturated rings. The Balaban J connectivity index is 1.88. The van der Waals surface area contributed by atoms with Gasteiger partial charge in [0.25, 0.3) is 5.56 Å². The summed E-state index contributed by atoms with van der Waals surface area (Å²) in [6.07, 6.45) is 1.35. The third kappa shape index (κ3) is 2.83. The molecule has 0 aliphatic heterocycles. The molecule has 3 N–H and O–H groups in total. The molecule has 2 aromatic carbocycles. The molecule has 0 aliphatic rings. The smallest absolute Gasteiger partial charge is 0.258 e. The summed E-state index contributed by atoms with van der Waals surface area (Å²) >= 11 is 5.83. The van der Waals surface area contributed by atoms with Crippen LogP contribution in [0.15, 0.2) is 47.5 Å². The standard InChI is InChI=1S/C15H12ClN3O2/c16-10-3-1-9(2-4-10)7-21-14-6-13-11(5-12(14)17)15(20)19-8-18-13/h1-6,8H,7,17H2,(H,18,19,20). The molecular weight excluding hydrogens is 290 g/mol. The van der Waals surface area contributed by atoms with E-state index in [1.165, 1.54) is 6.33 Å². The topological polar surface area (TPSA) is 81.0 Å². The molecule has 5 nitrogen and oxygen atoms in total. The Morgan fingerprint density at radius 1 is 1.24 bits per heavy atom. The largest absolute Gasteiger partial charge is 0.487 e. The predicted molar refractivity (Wildman–Crippen MR) is 82.6 cm³/mol. The highest BCUT2D eigenvalue weighted by Gasteiger charge is 2.07. The molecule has 3 aromatic rings. The SMILES string of the molecule is Nc1cc2c(=O)[nH]cnc2cc1OCc1ccc(Cl)cc1. The van der Waals surface area contributed by atoms with Gasteiger partial charge in [-0.3, -0.25) is 4.79 Å². The van der Waals surface area contributed by atoms with Crippen molar-refractivity contribution in [1.29, 1.82) is 0 Å². The van der Waals surface area contributed by atoms with E-state index in [1.54, 1.807) is 24.3 Å². The highest BCUT2D eigenvalue weighted by atomic mass is 35.5. The fourth-order valence-electron chi connectivity index (χ4n) is 1.98. The summed E-state index contributed by atoms with van der Waals surface area (Å²) in [5.41, 5.74) is 7.60. The van der Waals surface area contributed by atoms with Gasteiger partial charge in [-0.1, -0.05) is 23.7 Å². The summed E-state index contributed by atoms with van der Waals surface area (Å²) in [6.45, 7) is 0.357. The van der Waals surface area contributed by atoms with Gasteiger partial charge in [-0.15, -0.1) is 0 Å². The molecule has 0 amide bonds. The second-order valence-corrected chi connectivity index (χ2v) is 4.99. The van der Waals surface area contributed by atoms with Crippen LogP contribution in [0.4, 0.5) is 5.69 Å². The average molecular weight is 302 g/mol. The van der Waals surface area contributed by atoms with Crippen molar-refractivity contribution in [2.45, 2.75) is 6.61 Å². The lowest BCUT2D eigenvalue weighted by atomic mass is 10.2. The highest BCUT2D eigenvalue weighted by Crippen LogP contribution is 2.26. The van der Waals surface area contributed by atoms with Crippen molar-refractivity contribution in [3.05, 3.63) is 63.7 Å². The predicted octanol–water partition coefficient (Wildman–Crippen LogP) is 2.74. The van der Waals surface area contributed by atoms with E-state index in [4.69, 9.17) is 22.1 Å². The van der Waals surface area contributed by atoms with Crippen LogP contribution < -0.4 is 16.0 Å². The molecule has 0 saturated heterocycles. The molecular formula is C15H12ClN3O2. The zero-order valence-electron chi connectivity index (χ0n) is 11.0. The van der Waals surface area contributed by atoms with Gasteiger partial charge in [0, 0.05) is 11.1 Å². The summed E-state index contributed by atoms with van der Waals surface area (Å²) in [5.74, 6) is 0.496. The molecule has 21 heavy (non-hydrogen) atoms. The van der Waals surface area contributed by atoms with E-state index < -0.39 is 0 Å². The van der Waals surface area contributed by atoms with Gasteiger partial charge < -0.3 is 15.5 Å². The molecule has 0 saturated carbocycles. The Hall–Kier alpha value is -2.53. The zero-order chi connectivity index (χ0) is 14.8. The molecule has 0 spiro atoms.